The van der Waals surface area contributed by atoms with Gasteiger partial charge in [-0.25, -0.2) is 0 Å². The fourth-order valence-electron chi connectivity index (χ4n) is 0.810. The van der Waals surface area contributed by atoms with Crippen LogP contribution in [0.5, 0.6) is 0 Å². The van der Waals surface area contributed by atoms with Crippen LogP contribution in [0.1, 0.15) is 27.2 Å². The van der Waals surface area contributed by atoms with E-state index in [1.165, 1.54) is 0 Å². The molecule has 0 fully saturated rings. The lowest BCUT2D eigenvalue weighted by atomic mass is 9.97. The van der Waals surface area contributed by atoms with Gasteiger partial charge in [-0.15, -0.1) is 0 Å². The fourth-order valence-corrected chi connectivity index (χ4v) is 0.810. The van der Waals surface area contributed by atoms with E-state index in [1.54, 1.807) is 0 Å². The SMILES string of the molecule is CCCOCC(C)C(C)CN. The van der Waals surface area contributed by atoms with Crippen molar-refractivity contribution in [3.63, 3.8) is 0 Å². The van der Waals surface area contributed by atoms with Crippen molar-refractivity contribution in [2.24, 2.45) is 17.6 Å². The Morgan fingerprint density at radius 1 is 1.27 bits per heavy atom. The average Bonchev–Trinajstić information content (AvgIpc) is 2.03. The first-order chi connectivity index (χ1) is 5.22. The standard InChI is InChI=1S/C9H21NO/c1-4-5-11-7-9(3)8(2)6-10/h8-9H,4-7,10H2,1-3H3. The Bertz CT molecular complexity index is 85.6. The predicted molar refractivity (Wildman–Crippen MR) is 48.5 cm³/mol. The van der Waals surface area contributed by atoms with Crippen LogP contribution in [0.15, 0.2) is 0 Å². The van der Waals surface area contributed by atoms with Crippen molar-refractivity contribution in [3.05, 3.63) is 0 Å². The van der Waals surface area contributed by atoms with Crippen LogP contribution in [-0.2, 0) is 4.74 Å². The quantitative estimate of drug-likeness (QED) is 0.598. The molecule has 2 N–H and O–H groups in total. The first-order valence-electron chi connectivity index (χ1n) is 4.50. The summed E-state index contributed by atoms with van der Waals surface area (Å²) < 4.78 is 5.41. The molecule has 11 heavy (non-hydrogen) atoms. The number of ether oxygens (including phenoxy) is 1. The summed E-state index contributed by atoms with van der Waals surface area (Å²) in [4.78, 5) is 0. The molecule has 2 nitrogen and oxygen atoms in total. The Balaban J connectivity index is 3.28. The lowest BCUT2D eigenvalue weighted by Crippen LogP contribution is -2.22. The Hall–Kier alpha value is -0.0800. The molecule has 0 aromatic carbocycles. The smallest absolute Gasteiger partial charge is 0.0494 e. The number of nitrogens with two attached hydrogens (primary N) is 1. The van der Waals surface area contributed by atoms with Gasteiger partial charge in [0.15, 0.2) is 0 Å². The van der Waals surface area contributed by atoms with Gasteiger partial charge in [-0.3, -0.25) is 0 Å². The van der Waals surface area contributed by atoms with E-state index >= 15 is 0 Å². The highest BCUT2D eigenvalue weighted by molar-refractivity contribution is 4.61. The van der Waals surface area contributed by atoms with Crippen LogP contribution in [-0.4, -0.2) is 19.8 Å². The number of rotatable bonds is 6. The highest BCUT2D eigenvalue weighted by Gasteiger charge is 2.09. The molecule has 0 radical (unpaired) electrons. The van der Waals surface area contributed by atoms with Gasteiger partial charge in [0.25, 0.3) is 0 Å². The topological polar surface area (TPSA) is 35.2 Å². The van der Waals surface area contributed by atoms with E-state index < -0.39 is 0 Å². The van der Waals surface area contributed by atoms with Gasteiger partial charge in [0.1, 0.15) is 0 Å². The van der Waals surface area contributed by atoms with E-state index in [9.17, 15) is 0 Å². The molecule has 68 valence electrons. The summed E-state index contributed by atoms with van der Waals surface area (Å²) in [7, 11) is 0. The highest BCUT2D eigenvalue weighted by atomic mass is 16.5. The molecular formula is C9H21NO. The third-order valence-electron chi connectivity index (χ3n) is 2.07. The molecule has 0 aliphatic rings. The minimum Gasteiger partial charge on any atom is -0.381 e. The van der Waals surface area contributed by atoms with Crippen molar-refractivity contribution in [1.29, 1.82) is 0 Å². The molecule has 0 heterocycles. The monoisotopic (exact) mass is 159 g/mol. The zero-order valence-electron chi connectivity index (χ0n) is 7.97. The van der Waals surface area contributed by atoms with Crippen LogP contribution in [0.3, 0.4) is 0 Å². The second kappa shape index (κ2) is 6.62. The van der Waals surface area contributed by atoms with Gasteiger partial charge < -0.3 is 10.5 Å². The van der Waals surface area contributed by atoms with Crippen molar-refractivity contribution < 1.29 is 4.74 Å². The Kier molecular flexibility index (Phi) is 6.57. The van der Waals surface area contributed by atoms with Crippen molar-refractivity contribution in [3.8, 4) is 0 Å². The molecule has 0 aliphatic carbocycles. The van der Waals surface area contributed by atoms with Crippen LogP contribution in [0, 0.1) is 11.8 Å². The van der Waals surface area contributed by atoms with Crippen molar-refractivity contribution in [2.45, 2.75) is 27.2 Å². The van der Waals surface area contributed by atoms with E-state index in [2.05, 4.69) is 20.8 Å². The molecule has 2 atom stereocenters. The largest absolute Gasteiger partial charge is 0.381 e. The molecule has 2 heteroatoms. The van der Waals surface area contributed by atoms with Gasteiger partial charge in [-0.2, -0.15) is 0 Å². The molecule has 0 bridgehead atoms. The normalized spacial score (nSPS) is 16.4. The molecular weight excluding hydrogens is 138 g/mol. The summed E-state index contributed by atoms with van der Waals surface area (Å²) in [6, 6.07) is 0. The van der Waals surface area contributed by atoms with Crippen molar-refractivity contribution in [1.82, 2.24) is 0 Å². The summed E-state index contributed by atoms with van der Waals surface area (Å²) >= 11 is 0. The maximum Gasteiger partial charge on any atom is 0.0494 e. The maximum absolute atomic E-state index is 5.52. The molecule has 0 aromatic rings. The first-order valence-corrected chi connectivity index (χ1v) is 4.50. The first kappa shape index (κ1) is 10.9. The molecule has 2 unspecified atom stereocenters. The molecule has 0 aromatic heterocycles. The lowest BCUT2D eigenvalue weighted by Gasteiger charge is -2.17. The molecule has 0 spiro atoms. The van der Waals surface area contributed by atoms with Crippen LogP contribution >= 0.6 is 0 Å². The average molecular weight is 159 g/mol. The fraction of sp³-hybridized carbons (Fsp3) is 1.00. The Morgan fingerprint density at radius 3 is 2.36 bits per heavy atom. The molecule has 0 aliphatic heterocycles. The number of hydrogen-bond donors (Lipinski definition) is 1. The zero-order valence-corrected chi connectivity index (χ0v) is 7.97. The predicted octanol–water partition coefficient (Wildman–Crippen LogP) is 1.64. The summed E-state index contributed by atoms with van der Waals surface area (Å²) in [5, 5.41) is 0. The summed E-state index contributed by atoms with van der Waals surface area (Å²) in [5.74, 6) is 1.17. The molecule has 0 rings (SSSR count). The van der Waals surface area contributed by atoms with E-state index in [1.807, 2.05) is 0 Å². The van der Waals surface area contributed by atoms with E-state index in [-0.39, 0.29) is 0 Å². The molecule has 0 saturated heterocycles. The van der Waals surface area contributed by atoms with Gasteiger partial charge >= 0.3 is 0 Å². The second-order valence-corrected chi connectivity index (χ2v) is 3.27. The number of hydrogen-bond acceptors (Lipinski definition) is 2. The van der Waals surface area contributed by atoms with E-state index in [4.69, 9.17) is 10.5 Å². The van der Waals surface area contributed by atoms with Crippen LogP contribution in [0.4, 0.5) is 0 Å². The zero-order chi connectivity index (χ0) is 8.69. The van der Waals surface area contributed by atoms with E-state index in [0.717, 1.165) is 26.2 Å². The van der Waals surface area contributed by atoms with Crippen LogP contribution < -0.4 is 5.73 Å². The summed E-state index contributed by atoms with van der Waals surface area (Å²) in [6.45, 7) is 8.97. The minimum absolute atomic E-state index is 0.576. The van der Waals surface area contributed by atoms with Gasteiger partial charge in [0, 0.05) is 13.2 Å². The summed E-state index contributed by atoms with van der Waals surface area (Å²) in [6.07, 6.45) is 1.10. The van der Waals surface area contributed by atoms with Crippen LogP contribution in [0.25, 0.3) is 0 Å². The van der Waals surface area contributed by atoms with Crippen molar-refractivity contribution in [2.75, 3.05) is 19.8 Å². The Morgan fingerprint density at radius 2 is 1.91 bits per heavy atom. The summed E-state index contributed by atoms with van der Waals surface area (Å²) in [5.41, 5.74) is 5.52. The third-order valence-corrected chi connectivity index (χ3v) is 2.07. The maximum atomic E-state index is 5.52. The van der Waals surface area contributed by atoms with Gasteiger partial charge in [-0.1, -0.05) is 20.8 Å². The van der Waals surface area contributed by atoms with Gasteiger partial charge in [0.2, 0.25) is 0 Å². The third kappa shape index (κ3) is 5.22. The van der Waals surface area contributed by atoms with E-state index in [0.29, 0.717) is 11.8 Å². The minimum atomic E-state index is 0.576. The van der Waals surface area contributed by atoms with Gasteiger partial charge in [-0.05, 0) is 24.8 Å². The Labute approximate surface area is 70.1 Å². The van der Waals surface area contributed by atoms with Crippen LogP contribution in [0.2, 0.25) is 0 Å². The highest BCUT2D eigenvalue weighted by Crippen LogP contribution is 2.09. The second-order valence-electron chi connectivity index (χ2n) is 3.27. The van der Waals surface area contributed by atoms with Gasteiger partial charge in [0.05, 0.1) is 0 Å². The molecule has 0 amide bonds. The van der Waals surface area contributed by atoms with Crippen molar-refractivity contribution >= 4 is 0 Å². The molecule has 0 saturated carbocycles. The lowest BCUT2D eigenvalue weighted by molar-refractivity contribution is 0.0886.